The van der Waals surface area contributed by atoms with Gasteiger partial charge in [0.1, 0.15) is 11.8 Å². The SMILES string of the molecule is CCCN(C(=O)OCOC(=O)C=CC(=O)O)C(=O)c1cn2ncnc(Nc3cc(C(=O)NC4CC4)ccc3C)c2c1C. The van der Waals surface area contributed by atoms with Gasteiger partial charge >= 0.3 is 18.0 Å². The van der Waals surface area contributed by atoms with Crippen molar-refractivity contribution in [2.24, 2.45) is 0 Å². The molecule has 1 aromatic carbocycles. The number of nitrogens with zero attached hydrogens (tertiary/aromatic N) is 4. The number of carboxylic acids is 1. The van der Waals surface area contributed by atoms with E-state index in [0.29, 0.717) is 46.7 Å². The van der Waals surface area contributed by atoms with E-state index in [0.717, 1.165) is 23.3 Å². The van der Waals surface area contributed by atoms with Gasteiger partial charge in [0, 0.05) is 42.2 Å². The van der Waals surface area contributed by atoms with Gasteiger partial charge in [-0.2, -0.15) is 5.10 Å². The minimum absolute atomic E-state index is 0.0157. The highest BCUT2D eigenvalue weighted by Crippen LogP contribution is 2.28. The van der Waals surface area contributed by atoms with Crippen LogP contribution in [0.1, 0.15) is 58.0 Å². The summed E-state index contributed by atoms with van der Waals surface area (Å²) in [6.07, 6.45) is 5.35. The van der Waals surface area contributed by atoms with E-state index in [1.54, 1.807) is 26.0 Å². The highest BCUT2D eigenvalue weighted by Gasteiger charge is 2.28. The first-order chi connectivity index (χ1) is 20.1. The van der Waals surface area contributed by atoms with Crippen molar-refractivity contribution in [2.75, 3.05) is 18.7 Å². The van der Waals surface area contributed by atoms with Gasteiger partial charge in [-0.15, -0.1) is 0 Å². The molecular formula is C28H30N6O8. The van der Waals surface area contributed by atoms with Crippen molar-refractivity contribution in [1.82, 2.24) is 24.8 Å². The molecule has 3 N–H and O–H groups in total. The number of anilines is 2. The Morgan fingerprint density at radius 1 is 1.14 bits per heavy atom. The Morgan fingerprint density at radius 2 is 1.90 bits per heavy atom. The second-order valence-corrected chi connectivity index (χ2v) is 9.59. The van der Waals surface area contributed by atoms with Crippen LogP contribution in [0.25, 0.3) is 5.52 Å². The number of imide groups is 1. The van der Waals surface area contributed by atoms with E-state index in [2.05, 4.69) is 25.5 Å². The molecule has 0 radical (unpaired) electrons. The summed E-state index contributed by atoms with van der Waals surface area (Å²) in [6, 6.07) is 5.54. The highest BCUT2D eigenvalue weighted by molar-refractivity contribution is 6.06. The molecule has 0 aliphatic heterocycles. The molecule has 1 fully saturated rings. The molecule has 0 unspecified atom stereocenters. The number of carbonyl (C=O) groups is 5. The Hall–Kier alpha value is -5.27. The lowest BCUT2D eigenvalue weighted by molar-refractivity contribution is -0.146. The second kappa shape index (κ2) is 12.9. The van der Waals surface area contributed by atoms with Crippen LogP contribution in [-0.2, 0) is 19.1 Å². The predicted molar refractivity (Wildman–Crippen MR) is 148 cm³/mol. The summed E-state index contributed by atoms with van der Waals surface area (Å²) in [5, 5.41) is 19.0. The maximum Gasteiger partial charge on any atom is 0.419 e. The smallest absolute Gasteiger partial charge is 0.419 e. The molecule has 0 atom stereocenters. The predicted octanol–water partition coefficient (Wildman–Crippen LogP) is 3.11. The lowest BCUT2D eigenvalue weighted by Gasteiger charge is -2.19. The van der Waals surface area contributed by atoms with Crippen LogP contribution in [-0.4, -0.2) is 73.8 Å². The molecule has 220 valence electrons. The third-order valence-corrected chi connectivity index (χ3v) is 6.38. The van der Waals surface area contributed by atoms with Gasteiger partial charge in [-0.05, 0) is 56.4 Å². The van der Waals surface area contributed by atoms with Crippen molar-refractivity contribution in [3.05, 3.63) is 65.1 Å². The van der Waals surface area contributed by atoms with Crippen molar-refractivity contribution in [3.63, 3.8) is 0 Å². The number of aliphatic carboxylic acids is 1. The molecular weight excluding hydrogens is 548 g/mol. The fraction of sp³-hybridized carbons (Fsp3) is 0.321. The Labute approximate surface area is 240 Å². The lowest BCUT2D eigenvalue weighted by atomic mass is 10.1. The average Bonchev–Trinajstić information content (AvgIpc) is 3.71. The number of ether oxygens (including phenoxy) is 2. The number of hydrogen-bond donors (Lipinski definition) is 3. The normalized spacial score (nSPS) is 12.6. The van der Waals surface area contributed by atoms with E-state index in [4.69, 9.17) is 9.84 Å². The van der Waals surface area contributed by atoms with Gasteiger partial charge in [-0.3, -0.25) is 9.59 Å². The lowest BCUT2D eigenvalue weighted by Crippen LogP contribution is -2.38. The topological polar surface area (TPSA) is 182 Å². The molecule has 14 nitrogen and oxygen atoms in total. The van der Waals surface area contributed by atoms with E-state index in [1.165, 1.54) is 17.0 Å². The summed E-state index contributed by atoms with van der Waals surface area (Å²) in [6.45, 7) is 4.54. The summed E-state index contributed by atoms with van der Waals surface area (Å²) in [4.78, 5) is 66.0. The van der Waals surface area contributed by atoms with Crippen LogP contribution in [0.5, 0.6) is 0 Å². The van der Waals surface area contributed by atoms with E-state index >= 15 is 0 Å². The van der Waals surface area contributed by atoms with E-state index < -0.39 is 30.7 Å². The van der Waals surface area contributed by atoms with E-state index in [9.17, 15) is 24.0 Å². The first-order valence-corrected chi connectivity index (χ1v) is 13.2. The molecule has 42 heavy (non-hydrogen) atoms. The molecule has 3 amide bonds. The van der Waals surface area contributed by atoms with Crippen LogP contribution in [0.3, 0.4) is 0 Å². The third-order valence-electron chi connectivity index (χ3n) is 6.38. The number of hydrogen-bond acceptors (Lipinski definition) is 10. The Balaban J connectivity index is 1.54. The average molecular weight is 579 g/mol. The molecule has 1 aliphatic carbocycles. The Morgan fingerprint density at radius 3 is 2.60 bits per heavy atom. The van der Waals surface area contributed by atoms with Crippen LogP contribution in [0.2, 0.25) is 0 Å². The number of nitrogens with one attached hydrogen (secondary N) is 2. The summed E-state index contributed by atoms with van der Waals surface area (Å²) < 4.78 is 11.0. The zero-order chi connectivity index (χ0) is 30.4. The monoisotopic (exact) mass is 578 g/mol. The highest BCUT2D eigenvalue weighted by atomic mass is 16.7. The molecule has 2 aromatic heterocycles. The fourth-order valence-corrected chi connectivity index (χ4v) is 4.04. The standard InChI is InChI=1S/C28H30N6O8/c1-4-11-33(28(40)42-15-41-23(37)10-9-22(35)36)27(39)20-13-34-24(17(20)3)25(29-14-30-34)32-21-12-18(6-5-16(21)2)26(38)31-19-7-8-19/h5-6,9-10,12-14,19H,4,7-8,11,15H2,1-3H3,(H,31,38)(H,35,36)(H,29,30,32). The fourth-order valence-electron chi connectivity index (χ4n) is 4.04. The van der Waals surface area contributed by atoms with Crippen molar-refractivity contribution < 1.29 is 38.6 Å². The number of aryl methyl sites for hydroxylation is 2. The minimum Gasteiger partial charge on any atom is -0.478 e. The van der Waals surface area contributed by atoms with Crippen molar-refractivity contribution in [1.29, 1.82) is 0 Å². The third kappa shape index (κ3) is 7.08. The second-order valence-electron chi connectivity index (χ2n) is 9.59. The molecule has 4 rings (SSSR count). The zero-order valence-electron chi connectivity index (χ0n) is 23.2. The van der Waals surface area contributed by atoms with Crippen LogP contribution in [0.15, 0.2) is 42.9 Å². The Kier molecular flexibility index (Phi) is 9.15. The quantitative estimate of drug-likeness (QED) is 0.173. The van der Waals surface area contributed by atoms with Crippen LogP contribution >= 0.6 is 0 Å². The molecule has 0 saturated heterocycles. The van der Waals surface area contributed by atoms with Crippen LogP contribution in [0, 0.1) is 13.8 Å². The number of carboxylic acid groups (broad SMARTS) is 1. The van der Waals surface area contributed by atoms with Gasteiger partial charge in [0.2, 0.25) is 6.79 Å². The maximum absolute atomic E-state index is 13.5. The van der Waals surface area contributed by atoms with Crippen molar-refractivity contribution in [3.8, 4) is 0 Å². The molecule has 3 aromatic rings. The summed E-state index contributed by atoms with van der Waals surface area (Å²) in [5.41, 5.74) is 3.15. The number of carbonyl (C=O) groups excluding carboxylic acids is 4. The van der Waals surface area contributed by atoms with E-state index in [1.807, 2.05) is 13.0 Å². The summed E-state index contributed by atoms with van der Waals surface area (Å²) in [5.74, 6) is -2.81. The van der Waals surface area contributed by atoms with Crippen LogP contribution in [0.4, 0.5) is 16.3 Å². The molecule has 2 heterocycles. The first kappa shape index (κ1) is 29.7. The van der Waals surface area contributed by atoms with Gasteiger partial charge in [0.15, 0.2) is 5.82 Å². The van der Waals surface area contributed by atoms with E-state index in [-0.39, 0.29) is 24.1 Å². The van der Waals surface area contributed by atoms with Crippen LogP contribution < -0.4 is 10.6 Å². The largest absolute Gasteiger partial charge is 0.478 e. The number of rotatable bonds is 11. The Bertz CT molecular complexity index is 1580. The van der Waals surface area contributed by atoms with Gasteiger partial charge < -0.3 is 25.2 Å². The van der Waals surface area contributed by atoms with Gasteiger partial charge in [-0.25, -0.2) is 28.8 Å². The van der Waals surface area contributed by atoms with Gasteiger partial charge in [0.05, 0.1) is 5.56 Å². The number of benzene rings is 1. The number of esters is 1. The number of amides is 3. The molecule has 1 saturated carbocycles. The zero-order valence-corrected chi connectivity index (χ0v) is 23.2. The summed E-state index contributed by atoms with van der Waals surface area (Å²) >= 11 is 0. The first-order valence-electron chi connectivity index (χ1n) is 13.2. The minimum atomic E-state index is -1.35. The number of fused-ring (bicyclic) bond motifs is 1. The number of aromatic nitrogens is 3. The van der Waals surface area contributed by atoms with Gasteiger partial charge in [0.25, 0.3) is 11.8 Å². The molecule has 1 aliphatic rings. The van der Waals surface area contributed by atoms with Crippen molar-refractivity contribution in [2.45, 2.75) is 46.1 Å². The molecule has 14 heteroatoms. The summed E-state index contributed by atoms with van der Waals surface area (Å²) in [7, 11) is 0. The molecule has 0 spiro atoms. The maximum atomic E-state index is 13.5. The van der Waals surface area contributed by atoms with Gasteiger partial charge in [-0.1, -0.05) is 13.0 Å². The molecule has 0 bridgehead atoms. The van der Waals surface area contributed by atoms with Crippen molar-refractivity contribution >= 4 is 46.9 Å².